The highest BCUT2D eigenvalue weighted by Gasteiger charge is 2.50. The number of carbonyl (C=O) groups excluding carboxylic acids is 3. The van der Waals surface area contributed by atoms with Gasteiger partial charge in [-0.15, -0.1) is 0 Å². The average molecular weight is 504 g/mol. The summed E-state index contributed by atoms with van der Waals surface area (Å²) in [6.07, 6.45) is 2.44. The number of benzene rings is 2. The van der Waals surface area contributed by atoms with Gasteiger partial charge in [-0.25, -0.2) is 0 Å². The Morgan fingerprint density at radius 3 is 2.48 bits per heavy atom. The molecule has 4 rings (SSSR count). The minimum absolute atomic E-state index is 0.0856. The minimum Gasteiger partial charge on any atom is -0.299 e. The van der Waals surface area contributed by atoms with E-state index in [9.17, 15) is 14.4 Å². The minimum atomic E-state index is -0.819. The first kappa shape index (κ1) is 22.2. The van der Waals surface area contributed by atoms with Gasteiger partial charge in [-0.2, -0.15) is 0 Å². The van der Waals surface area contributed by atoms with Crippen molar-refractivity contribution in [1.82, 2.24) is 10.2 Å². The highest BCUT2D eigenvalue weighted by Crippen LogP contribution is 2.44. The zero-order valence-corrected chi connectivity index (χ0v) is 19.4. The van der Waals surface area contributed by atoms with E-state index in [0.29, 0.717) is 18.4 Å². The lowest BCUT2D eigenvalue weighted by Crippen LogP contribution is -2.57. The molecule has 162 valence electrons. The van der Waals surface area contributed by atoms with Crippen molar-refractivity contribution in [1.29, 1.82) is 0 Å². The van der Waals surface area contributed by atoms with E-state index in [4.69, 9.17) is 11.6 Å². The van der Waals surface area contributed by atoms with Crippen LogP contribution >= 0.6 is 27.5 Å². The Morgan fingerprint density at radius 2 is 1.84 bits per heavy atom. The molecule has 2 aliphatic heterocycles. The van der Waals surface area contributed by atoms with Crippen LogP contribution in [0.2, 0.25) is 0 Å². The summed E-state index contributed by atoms with van der Waals surface area (Å²) in [7, 11) is 0. The number of likely N-dealkylation sites (tertiary alicyclic amines) is 1. The maximum atomic E-state index is 13.2. The monoisotopic (exact) mass is 502 g/mol. The van der Waals surface area contributed by atoms with Crippen LogP contribution in [0.5, 0.6) is 0 Å². The first-order chi connectivity index (χ1) is 14.9. The van der Waals surface area contributed by atoms with Crippen molar-refractivity contribution >= 4 is 44.6 Å². The maximum absolute atomic E-state index is 13.2. The lowest BCUT2D eigenvalue weighted by atomic mass is 9.62. The van der Waals surface area contributed by atoms with E-state index in [-0.39, 0.29) is 17.7 Å². The number of imide groups is 1. The van der Waals surface area contributed by atoms with Gasteiger partial charge < -0.3 is 0 Å². The fraction of sp³-hybridized carbons (Fsp3) is 0.375. The highest BCUT2D eigenvalue weighted by molar-refractivity contribution is 9.10. The van der Waals surface area contributed by atoms with Crippen LogP contribution in [0, 0.1) is 5.92 Å². The molecule has 2 amide bonds. The van der Waals surface area contributed by atoms with Crippen LogP contribution in [0.25, 0.3) is 0 Å². The molecule has 31 heavy (non-hydrogen) atoms. The predicted molar refractivity (Wildman–Crippen MR) is 123 cm³/mol. The number of nitrogens with zero attached hydrogens (tertiary/aromatic N) is 1. The summed E-state index contributed by atoms with van der Waals surface area (Å²) in [5.41, 5.74) is 1.58. The highest BCUT2D eigenvalue weighted by atomic mass is 79.9. The average Bonchev–Trinajstić information content (AvgIpc) is 2.76. The SMILES string of the molecule is O=C1CCC(c2cccc(C(=O)Cl)c2)(C2CCN(Cc3ccc(Br)cc3)CC2)C(=O)N1. The molecular formula is C24H24BrClN2O3. The van der Waals surface area contributed by atoms with E-state index < -0.39 is 10.7 Å². The van der Waals surface area contributed by atoms with Crippen molar-refractivity contribution in [3.63, 3.8) is 0 Å². The van der Waals surface area contributed by atoms with Crippen molar-refractivity contribution in [3.8, 4) is 0 Å². The van der Waals surface area contributed by atoms with E-state index in [2.05, 4.69) is 38.3 Å². The first-order valence-electron chi connectivity index (χ1n) is 10.5. The molecule has 0 radical (unpaired) electrons. The van der Waals surface area contributed by atoms with Crippen LogP contribution in [0.15, 0.2) is 53.0 Å². The van der Waals surface area contributed by atoms with E-state index >= 15 is 0 Å². The Balaban J connectivity index is 1.57. The number of piperidine rings is 2. The van der Waals surface area contributed by atoms with E-state index in [1.165, 1.54) is 5.56 Å². The predicted octanol–water partition coefficient (Wildman–Crippen LogP) is 4.41. The third-order valence-electron chi connectivity index (χ3n) is 6.61. The summed E-state index contributed by atoms with van der Waals surface area (Å²) in [5, 5.41) is 2.01. The van der Waals surface area contributed by atoms with Crippen LogP contribution in [0.4, 0.5) is 0 Å². The van der Waals surface area contributed by atoms with Crippen LogP contribution in [-0.2, 0) is 21.5 Å². The number of rotatable bonds is 5. The van der Waals surface area contributed by atoms with Gasteiger partial charge in [0.2, 0.25) is 11.8 Å². The molecule has 2 aromatic rings. The number of amides is 2. The summed E-state index contributed by atoms with van der Waals surface area (Å²) in [5.74, 6) is -0.408. The van der Waals surface area contributed by atoms with Gasteiger partial charge in [0.05, 0.1) is 5.41 Å². The largest absolute Gasteiger partial charge is 0.299 e. The molecule has 1 atom stereocenters. The second-order valence-electron chi connectivity index (χ2n) is 8.38. The topological polar surface area (TPSA) is 66.5 Å². The molecule has 0 saturated carbocycles. The van der Waals surface area contributed by atoms with Gasteiger partial charge in [0, 0.05) is 23.0 Å². The number of carbonyl (C=O) groups is 3. The summed E-state index contributed by atoms with van der Waals surface area (Å²) in [6.45, 7) is 2.61. The number of halogens is 2. The fourth-order valence-corrected chi connectivity index (χ4v) is 5.36. The zero-order valence-electron chi connectivity index (χ0n) is 17.1. The smallest absolute Gasteiger partial charge is 0.252 e. The quantitative estimate of drug-likeness (QED) is 0.485. The van der Waals surface area contributed by atoms with Gasteiger partial charge in [0.1, 0.15) is 0 Å². The van der Waals surface area contributed by atoms with Crippen LogP contribution in [0.3, 0.4) is 0 Å². The number of hydrogen-bond acceptors (Lipinski definition) is 4. The molecule has 2 fully saturated rings. The lowest BCUT2D eigenvalue weighted by molar-refractivity contribution is -0.140. The second-order valence-corrected chi connectivity index (χ2v) is 9.64. The van der Waals surface area contributed by atoms with Gasteiger partial charge in [-0.3, -0.25) is 24.6 Å². The van der Waals surface area contributed by atoms with Crippen molar-refractivity contribution in [2.45, 2.75) is 37.6 Å². The Morgan fingerprint density at radius 1 is 1.13 bits per heavy atom. The molecule has 2 aromatic carbocycles. The molecule has 0 spiro atoms. The standard InChI is InChI=1S/C24H24BrClN2O3/c25-20-6-4-16(5-7-20)15-28-12-9-18(10-13-28)24(11-8-21(29)27-23(24)31)19-3-1-2-17(14-19)22(26)30/h1-7,14,18H,8-13,15H2,(H,27,29,31). The van der Waals surface area contributed by atoms with Crippen molar-refractivity contribution in [2.75, 3.05) is 13.1 Å². The van der Waals surface area contributed by atoms with Gasteiger partial charge in [-0.1, -0.05) is 46.3 Å². The van der Waals surface area contributed by atoms with Crippen LogP contribution in [0.1, 0.15) is 47.2 Å². The molecule has 2 aliphatic rings. The molecule has 7 heteroatoms. The van der Waals surface area contributed by atoms with E-state index in [0.717, 1.165) is 42.5 Å². The van der Waals surface area contributed by atoms with Crippen molar-refractivity contribution in [3.05, 3.63) is 69.7 Å². The Kier molecular flexibility index (Phi) is 6.60. The van der Waals surface area contributed by atoms with Gasteiger partial charge >= 0.3 is 0 Å². The summed E-state index contributed by atoms with van der Waals surface area (Å²) in [6, 6.07) is 15.3. The number of hydrogen-bond donors (Lipinski definition) is 1. The van der Waals surface area contributed by atoms with Crippen LogP contribution in [-0.4, -0.2) is 35.0 Å². The third-order valence-corrected chi connectivity index (χ3v) is 7.36. The fourth-order valence-electron chi connectivity index (χ4n) is 4.98. The molecule has 0 aromatic heterocycles. The van der Waals surface area contributed by atoms with E-state index in [1.54, 1.807) is 18.2 Å². The first-order valence-corrected chi connectivity index (χ1v) is 11.7. The molecule has 5 nitrogen and oxygen atoms in total. The lowest BCUT2D eigenvalue weighted by Gasteiger charge is -2.45. The molecule has 0 aliphatic carbocycles. The van der Waals surface area contributed by atoms with Crippen LogP contribution < -0.4 is 5.32 Å². The molecule has 0 bridgehead atoms. The van der Waals surface area contributed by atoms with Gasteiger partial charge in [-0.05, 0) is 79.2 Å². The molecule has 2 saturated heterocycles. The Hall–Kier alpha value is -2.02. The van der Waals surface area contributed by atoms with E-state index in [1.807, 2.05) is 18.2 Å². The third kappa shape index (κ3) is 4.61. The zero-order chi connectivity index (χ0) is 22.0. The molecule has 1 unspecified atom stereocenters. The Bertz CT molecular complexity index is 1000. The van der Waals surface area contributed by atoms with Gasteiger partial charge in [0.25, 0.3) is 5.24 Å². The second kappa shape index (κ2) is 9.23. The van der Waals surface area contributed by atoms with Gasteiger partial charge in [0.15, 0.2) is 0 Å². The Labute approximate surface area is 195 Å². The summed E-state index contributed by atoms with van der Waals surface area (Å²) in [4.78, 5) is 39.3. The van der Waals surface area contributed by atoms with Crippen molar-refractivity contribution < 1.29 is 14.4 Å². The molecular weight excluding hydrogens is 480 g/mol. The molecule has 2 heterocycles. The normalized spacial score (nSPS) is 22.9. The molecule has 1 N–H and O–H groups in total. The van der Waals surface area contributed by atoms with Crippen molar-refractivity contribution in [2.24, 2.45) is 5.92 Å². The maximum Gasteiger partial charge on any atom is 0.252 e. The summed E-state index contributed by atoms with van der Waals surface area (Å²) >= 11 is 9.18. The number of nitrogens with one attached hydrogen (secondary N) is 1. The summed E-state index contributed by atoms with van der Waals surface area (Å²) < 4.78 is 1.06.